The van der Waals surface area contributed by atoms with Crippen LogP contribution in [0.25, 0.3) is 11.1 Å². The van der Waals surface area contributed by atoms with Crippen LogP contribution < -0.4 is 16.8 Å². The molecule has 1 saturated carbocycles. The van der Waals surface area contributed by atoms with Crippen LogP contribution in [0.1, 0.15) is 41.6 Å². The number of hydrogen-bond donors (Lipinski definition) is 3. The third kappa shape index (κ3) is 3.48. The van der Waals surface area contributed by atoms with E-state index >= 15 is 4.39 Å². The number of hydrogen-bond acceptors (Lipinski definition) is 5. The predicted octanol–water partition coefficient (Wildman–Crippen LogP) is 3.16. The molecule has 1 fully saturated rings. The van der Waals surface area contributed by atoms with Gasteiger partial charge in [-0.1, -0.05) is 11.6 Å². The first-order valence-corrected chi connectivity index (χ1v) is 10.5. The molecule has 5 N–H and O–H groups in total. The molecule has 1 spiro atoms. The van der Waals surface area contributed by atoms with Crippen molar-refractivity contribution in [3.63, 3.8) is 0 Å². The minimum Gasteiger partial charge on any atom is -0.398 e. The number of anilines is 2. The summed E-state index contributed by atoms with van der Waals surface area (Å²) in [4.78, 5) is 29.6. The highest BCUT2D eigenvalue weighted by atomic mass is 35.5. The van der Waals surface area contributed by atoms with Crippen molar-refractivity contribution in [2.45, 2.75) is 31.1 Å². The van der Waals surface area contributed by atoms with Crippen LogP contribution in [-0.2, 0) is 10.2 Å². The number of halogens is 2. The quantitative estimate of drug-likeness (QED) is 0.625. The molecule has 2 atom stereocenters. The van der Waals surface area contributed by atoms with Gasteiger partial charge in [-0.3, -0.25) is 9.59 Å². The summed E-state index contributed by atoms with van der Waals surface area (Å²) in [6.07, 6.45) is 4.31. The summed E-state index contributed by atoms with van der Waals surface area (Å²) in [5.41, 5.74) is 12.3. The molecule has 1 aromatic heterocycles. The Kier molecular flexibility index (Phi) is 5.29. The Balaban J connectivity index is 1.80. The summed E-state index contributed by atoms with van der Waals surface area (Å²) in [5.74, 6) is -0.699. The lowest BCUT2D eigenvalue weighted by Gasteiger charge is -2.25. The number of carbonyl (C=O) groups excluding carboxylic acids is 2. The summed E-state index contributed by atoms with van der Waals surface area (Å²) in [6, 6.07) is 3.02. The Morgan fingerprint density at radius 1 is 1.35 bits per heavy atom. The first-order chi connectivity index (χ1) is 14.6. The Morgan fingerprint density at radius 3 is 2.77 bits per heavy atom. The van der Waals surface area contributed by atoms with E-state index in [0.717, 1.165) is 24.8 Å². The van der Waals surface area contributed by atoms with E-state index in [-0.39, 0.29) is 34.1 Å². The molecular weight excluding hydrogens is 421 g/mol. The van der Waals surface area contributed by atoms with Crippen molar-refractivity contribution in [1.82, 2.24) is 9.88 Å². The van der Waals surface area contributed by atoms with E-state index in [4.69, 9.17) is 23.1 Å². The van der Waals surface area contributed by atoms with Crippen LogP contribution >= 0.6 is 11.6 Å². The molecule has 1 aliphatic heterocycles. The number of pyridine rings is 1. The topological polar surface area (TPSA) is 114 Å². The predicted molar refractivity (Wildman–Crippen MR) is 118 cm³/mol. The number of rotatable bonds is 4. The number of nitrogen functional groups attached to an aromatic ring is 1. The van der Waals surface area contributed by atoms with Gasteiger partial charge in [0.2, 0.25) is 5.91 Å². The molecule has 2 aromatic rings. The third-order valence-corrected chi connectivity index (χ3v) is 6.82. The fraction of sp³-hybridized carbons (Fsp3) is 0.409. The molecule has 4 rings (SSSR count). The highest BCUT2D eigenvalue weighted by Gasteiger charge is 2.47. The summed E-state index contributed by atoms with van der Waals surface area (Å²) < 4.78 is 15.5. The van der Waals surface area contributed by atoms with Crippen LogP contribution in [0.2, 0.25) is 5.02 Å². The molecule has 9 heteroatoms. The maximum absolute atomic E-state index is 15.5. The zero-order valence-corrected chi connectivity index (χ0v) is 18.2. The van der Waals surface area contributed by atoms with Gasteiger partial charge in [0, 0.05) is 61.1 Å². The second-order valence-electron chi connectivity index (χ2n) is 8.71. The van der Waals surface area contributed by atoms with Gasteiger partial charge >= 0.3 is 0 Å². The number of aromatic nitrogens is 1. The van der Waals surface area contributed by atoms with Crippen LogP contribution in [-0.4, -0.2) is 42.3 Å². The van der Waals surface area contributed by atoms with Crippen molar-refractivity contribution < 1.29 is 14.0 Å². The number of benzene rings is 1. The maximum Gasteiger partial charge on any atom is 0.258 e. The van der Waals surface area contributed by atoms with E-state index < -0.39 is 11.7 Å². The molecule has 0 saturated heterocycles. The van der Waals surface area contributed by atoms with Gasteiger partial charge in [0.1, 0.15) is 11.6 Å². The first kappa shape index (κ1) is 21.4. The van der Waals surface area contributed by atoms with E-state index in [1.54, 1.807) is 0 Å². The molecule has 1 aromatic carbocycles. The number of nitrogens with two attached hydrogens (primary N) is 2. The largest absolute Gasteiger partial charge is 0.398 e. The number of nitrogens with zero attached hydrogens (tertiary/aromatic N) is 2. The minimum absolute atomic E-state index is 0.0633. The Hall–Kier alpha value is -2.87. The molecule has 0 bridgehead atoms. The SMILES string of the molecule is CN(C)C(=O)c1c(N)ccc(-c2cnc3c(c2Cl)[C@@]2(CC[C@@H](CC(N)=O)C2)CN3)c1F. The lowest BCUT2D eigenvalue weighted by Crippen LogP contribution is -2.26. The number of nitrogens with one attached hydrogen (secondary N) is 1. The van der Waals surface area contributed by atoms with Crippen LogP contribution in [0.15, 0.2) is 18.3 Å². The van der Waals surface area contributed by atoms with Gasteiger partial charge in [0.15, 0.2) is 0 Å². The summed E-state index contributed by atoms with van der Waals surface area (Å²) in [6.45, 7) is 0.655. The molecule has 2 amide bonds. The van der Waals surface area contributed by atoms with Crippen LogP contribution in [0.5, 0.6) is 0 Å². The molecule has 2 heterocycles. The van der Waals surface area contributed by atoms with Crippen LogP contribution in [0.4, 0.5) is 15.9 Å². The number of amides is 2. The molecule has 0 unspecified atom stereocenters. The normalized spacial score (nSPS) is 21.7. The van der Waals surface area contributed by atoms with Gasteiger partial charge in [-0.15, -0.1) is 0 Å². The first-order valence-electron chi connectivity index (χ1n) is 10.2. The molecule has 31 heavy (non-hydrogen) atoms. The van der Waals surface area contributed by atoms with Gasteiger partial charge in [-0.2, -0.15) is 0 Å². The average Bonchev–Trinajstić information content (AvgIpc) is 3.26. The highest BCUT2D eigenvalue weighted by Crippen LogP contribution is 2.54. The number of fused-ring (bicyclic) bond motifs is 2. The summed E-state index contributed by atoms with van der Waals surface area (Å²) >= 11 is 6.85. The lowest BCUT2D eigenvalue weighted by atomic mass is 9.79. The van der Waals surface area contributed by atoms with Gasteiger partial charge < -0.3 is 21.7 Å². The summed E-state index contributed by atoms with van der Waals surface area (Å²) in [7, 11) is 3.08. The summed E-state index contributed by atoms with van der Waals surface area (Å²) in [5, 5.41) is 3.71. The van der Waals surface area contributed by atoms with Gasteiger partial charge in [0.05, 0.1) is 10.6 Å². The lowest BCUT2D eigenvalue weighted by molar-refractivity contribution is -0.118. The second kappa shape index (κ2) is 7.67. The van der Waals surface area contributed by atoms with Crippen molar-refractivity contribution in [2.24, 2.45) is 11.7 Å². The third-order valence-electron chi connectivity index (χ3n) is 6.42. The second-order valence-corrected chi connectivity index (χ2v) is 9.09. The van der Waals surface area contributed by atoms with E-state index in [9.17, 15) is 9.59 Å². The minimum atomic E-state index is -0.722. The Bertz CT molecular complexity index is 1090. The molecule has 0 radical (unpaired) electrons. The zero-order chi connectivity index (χ0) is 22.5. The van der Waals surface area contributed by atoms with Crippen LogP contribution in [0, 0.1) is 11.7 Å². The van der Waals surface area contributed by atoms with Crippen molar-refractivity contribution in [2.75, 3.05) is 31.7 Å². The van der Waals surface area contributed by atoms with Crippen molar-refractivity contribution in [1.29, 1.82) is 0 Å². The molecule has 164 valence electrons. The van der Waals surface area contributed by atoms with Crippen molar-refractivity contribution >= 4 is 34.9 Å². The standard InChI is InChI=1S/C22H25ClFN5O2/c1-29(2)21(31)16-14(25)4-3-12(19(16)24)13-9-27-20-17(18(13)23)22(10-28-20)6-5-11(8-22)7-15(26)30/h3-4,9,11H,5-8,10,25H2,1-2H3,(H2,26,30)(H,27,28)/t11-,22+/m0/s1. The highest BCUT2D eigenvalue weighted by molar-refractivity contribution is 6.34. The number of primary amides is 1. The fourth-order valence-corrected chi connectivity index (χ4v) is 5.40. The van der Waals surface area contributed by atoms with Gasteiger partial charge in [-0.25, -0.2) is 9.37 Å². The smallest absolute Gasteiger partial charge is 0.258 e. The van der Waals surface area contributed by atoms with Gasteiger partial charge in [-0.05, 0) is 37.3 Å². The number of carbonyl (C=O) groups is 2. The molecule has 2 aliphatic rings. The Morgan fingerprint density at radius 2 is 2.10 bits per heavy atom. The monoisotopic (exact) mass is 445 g/mol. The molecular formula is C22H25ClFN5O2. The van der Waals surface area contributed by atoms with Crippen molar-refractivity contribution in [3.05, 3.63) is 40.3 Å². The fourth-order valence-electron chi connectivity index (χ4n) is 4.96. The molecule has 1 aliphatic carbocycles. The van der Waals surface area contributed by atoms with Crippen molar-refractivity contribution in [3.8, 4) is 11.1 Å². The zero-order valence-electron chi connectivity index (χ0n) is 17.5. The van der Waals surface area contributed by atoms with E-state index in [1.165, 1.54) is 37.3 Å². The van der Waals surface area contributed by atoms with E-state index in [0.29, 0.717) is 29.4 Å². The maximum atomic E-state index is 15.5. The van der Waals surface area contributed by atoms with Crippen LogP contribution in [0.3, 0.4) is 0 Å². The average molecular weight is 446 g/mol. The van der Waals surface area contributed by atoms with E-state index in [2.05, 4.69) is 10.3 Å². The molecule has 7 nitrogen and oxygen atoms in total. The van der Waals surface area contributed by atoms with Gasteiger partial charge in [0.25, 0.3) is 5.91 Å². The van der Waals surface area contributed by atoms with E-state index in [1.807, 2.05) is 0 Å². The Labute approximate surface area is 184 Å².